The van der Waals surface area contributed by atoms with Crippen LogP contribution in [-0.2, 0) is 16.6 Å². The van der Waals surface area contributed by atoms with E-state index in [1.54, 1.807) is 0 Å². The molecule has 1 aliphatic heterocycles. The third-order valence-corrected chi connectivity index (χ3v) is 5.30. The molecule has 0 bridgehead atoms. The number of piperidine rings is 1. The Hall–Kier alpha value is -1.91. The van der Waals surface area contributed by atoms with Crippen LogP contribution in [0.2, 0.25) is 0 Å². The average molecular weight is 438 g/mol. The van der Waals surface area contributed by atoms with Gasteiger partial charge in [0.2, 0.25) is 5.91 Å². The molecule has 3 rings (SSSR count). The second kappa shape index (κ2) is 10.7. The fraction of sp³-hybridized carbons (Fsp3) is 0.435. The van der Waals surface area contributed by atoms with E-state index in [1.807, 2.05) is 24.3 Å². The molecule has 2 aromatic rings. The monoisotopic (exact) mass is 437 g/mol. The molecule has 1 saturated heterocycles. The molecule has 1 heterocycles. The molecule has 0 aromatic heterocycles. The molecule has 4 nitrogen and oxygen atoms in total. The maximum absolute atomic E-state index is 12.3. The van der Waals surface area contributed by atoms with Crippen molar-refractivity contribution >= 4 is 42.1 Å². The number of rotatable bonds is 4. The summed E-state index contributed by atoms with van der Waals surface area (Å²) in [5, 5.41) is 3.19. The Kier molecular flexibility index (Phi) is 9.31. The summed E-state index contributed by atoms with van der Waals surface area (Å²) in [6.45, 7) is 8.66. The van der Waals surface area contributed by atoms with Crippen LogP contribution in [0.4, 0.5) is 11.4 Å². The van der Waals surface area contributed by atoms with E-state index in [2.05, 4.69) is 55.3 Å². The number of anilines is 2. The number of nitrogen functional groups attached to an aromatic ring is 1. The van der Waals surface area contributed by atoms with Crippen molar-refractivity contribution in [3.8, 4) is 0 Å². The van der Waals surface area contributed by atoms with Crippen LogP contribution in [0.15, 0.2) is 48.5 Å². The molecular weight excluding hydrogens is 405 g/mol. The lowest BCUT2D eigenvalue weighted by molar-refractivity contribution is -0.121. The van der Waals surface area contributed by atoms with Crippen LogP contribution in [-0.4, -0.2) is 25.0 Å². The van der Waals surface area contributed by atoms with Crippen molar-refractivity contribution in [3.05, 3.63) is 59.7 Å². The number of benzene rings is 2. The number of nitrogens with zero attached hydrogens (tertiary/aromatic N) is 1. The molecule has 1 aliphatic rings. The summed E-state index contributed by atoms with van der Waals surface area (Å²) in [7, 11) is 0. The van der Waals surface area contributed by atoms with Gasteiger partial charge in [-0.3, -0.25) is 4.79 Å². The standard InChI is InChI=1S/C23H31N3O.2ClH/c1-23(2,3)18-6-10-21(11-7-18)26-14-12-20(13-15-26)25-22(27)16-17-4-8-19(24)9-5-17;;/h4-11,20H,12-16,24H2,1-3H3,(H,25,27);2*1H. The molecule has 160 valence electrons. The smallest absolute Gasteiger partial charge is 0.224 e. The van der Waals surface area contributed by atoms with Crippen LogP contribution >= 0.6 is 24.8 Å². The van der Waals surface area contributed by atoms with Gasteiger partial charge in [0.25, 0.3) is 0 Å². The van der Waals surface area contributed by atoms with E-state index in [4.69, 9.17) is 5.73 Å². The van der Waals surface area contributed by atoms with E-state index in [0.29, 0.717) is 6.42 Å². The number of hydrogen-bond donors (Lipinski definition) is 2. The van der Waals surface area contributed by atoms with Crippen LogP contribution in [0.5, 0.6) is 0 Å². The first kappa shape index (κ1) is 25.1. The zero-order valence-electron chi connectivity index (χ0n) is 17.5. The van der Waals surface area contributed by atoms with Crippen molar-refractivity contribution in [2.45, 2.75) is 51.5 Å². The Morgan fingerprint density at radius 1 is 1.00 bits per heavy atom. The van der Waals surface area contributed by atoms with Crippen LogP contribution in [0.25, 0.3) is 0 Å². The summed E-state index contributed by atoms with van der Waals surface area (Å²) in [6, 6.07) is 16.7. The summed E-state index contributed by atoms with van der Waals surface area (Å²) >= 11 is 0. The maximum Gasteiger partial charge on any atom is 0.224 e. The fourth-order valence-corrected chi connectivity index (χ4v) is 3.55. The molecule has 2 aromatic carbocycles. The lowest BCUT2D eigenvalue weighted by atomic mass is 9.87. The molecule has 1 fully saturated rings. The first-order valence-electron chi connectivity index (χ1n) is 9.80. The third kappa shape index (κ3) is 7.13. The molecule has 0 saturated carbocycles. The van der Waals surface area contributed by atoms with Gasteiger partial charge in [-0.2, -0.15) is 0 Å². The van der Waals surface area contributed by atoms with E-state index in [9.17, 15) is 4.79 Å². The van der Waals surface area contributed by atoms with E-state index >= 15 is 0 Å². The van der Waals surface area contributed by atoms with Gasteiger partial charge in [0.05, 0.1) is 6.42 Å². The van der Waals surface area contributed by atoms with Crippen molar-refractivity contribution < 1.29 is 4.79 Å². The lowest BCUT2D eigenvalue weighted by Crippen LogP contribution is -2.45. The van der Waals surface area contributed by atoms with Gasteiger partial charge >= 0.3 is 0 Å². The summed E-state index contributed by atoms with van der Waals surface area (Å²) in [4.78, 5) is 14.7. The van der Waals surface area contributed by atoms with Crippen molar-refractivity contribution in [3.63, 3.8) is 0 Å². The highest BCUT2D eigenvalue weighted by molar-refractivity contribution is 5.85. The molecule has 0 spiro atoms. The van der Waals surface area contributed by atoms with E-state index in [-0.39, 0.29) is 42.2 Å². The predicted molar refractivity (Wildman–Crippen MR) is 128 cm³/mol. The molecule has 3 N–H and O–H groups in total. The van der Waals surface area contributed by atoms with E-state index in [1.165, 1.54) is 11.3 Å². The van der Waals surface area contributed by atoms with Crippen molar-refractivity contribution in [2.24, 2.45) is 0 Å². The van der Waals surface area contributed by atoms with E-state index in [0.717, 1.165) is 37.2 Å². The summed E-state index contributed by atoms with van der Waals surface area (Å²) in [6.07, 6.45) is 2.37. The molecule has 29 heavy (non-hydrogen) atoms. The van der Waals surface area contributed by atoms with Gasteiger partial charge in [0.15, 0.2) is 0 Å². The normalized spacial score (nSPS) is 14.5. The number of nitrogens with two attached hydrogens (primary N) is 1. The third-order valence-electron chi connectivity index (χ3n) is 5.30. The molecular formula is C23H33Cl2N3O. The minimum atomic E-state index is 0. The topological polar surface area (TPSA) is 58.4 Å². The Balaban J connectivity index is 0.00000210. The minimum absolute atomic E-state index is 0. The van der Waals surface area contributed by atoms with Crippen LogP contribution < -0.4 is 16.0 Å². The minimum Gasteiger partial charge on any atom is -0.399 e. The van der Waals surface area contributed by atoms with Gasteiger partial charge in [0, 0.05) is 30.5 Å². The molecule has 0 atom stereocenters. The first-order valence-corrected chi connectivity index (χ1v) is 9.80. The number of carbonyl (C=O) groups excluding carboxylic acids is 1. The van der Waals surface area contributed by atoms with Crippen molar-refractivity contribution in [1.29, 1.82) is 0 Å². The Morgan fingerprint density at radius 2 is 1.55 bits per heavy atom. The lowest BCUT2D eigenvalue weighted by Gasteiger charge is -2.34. The Morgan fingerprint density at radius 3 is 2.07 bits per heavy atom. The van der Waals surface area contributed by atoms with Crippen LogP contribution in [0.1, 0.15) is 44.7 Å². The molecule has 1 amide bonds. The van der Waals surface area contributed by atoms with Crippen molar-refractivity contribution in [1.82, 2.24) is 5.32 Å². The van der Waals surface area contributed by atoms with Gasteiger partial charge in [-0.05, 0) is 53.6 Å². The van der Waals surface area contributed by atoms with Gasteiger partial charge in [-0.1, -0.05) is 45.0 Å². The number of halogens is 2. The SMILES string of the molecule is CC(C)(C)c1ccc(N2CCC(NC(=O)Cc3ccc(N)cc3)CC2)cc1.Cl.Cl. The molecule has 0 radical (unpaired) electrons. The second-order valence-electron chi connectivity index (χ2n) is 8.54. The highest BCUT2D eigenvalue weighted by atomic mass is 35.5. The number of amides is 1. The Bertz CT molecular complexity index is 762. The average Bonchev–Trinajstić information content (AvgIpc) is 2.64. The summed E-state index contributed by atoms with van der Waals surface area (Å²) in [5.74, 6) is 0.0905. The van der Waals surface area contributed by atoms with Gasteiger partial charge in [0.1, 0.15) is 0 Å². The second-order valence-corrected chi connectivity index (χ2v) is 8.54. The van der Waals surface area contributed by atoms with Gasteiger partial charge in [-0.15, -0.1) is 24.8 Å². The highest BCUT2D eigenvalue weighted by Crippen LogP contribution is 2.26. The molecule has 6 heteroatoms. The van der Waals surface area contributed by atoms with Gasteiger partial charge < -0.3 is 16.0 Å². The maximum atomic E-state index is 12.3. The molecule has 0 unspecified atom stereocenters. The van der Waals surface area contributed by atoms with Crippen LogP contribution in [0, 0.1) is 0 Å². The summed E-state index contributed by atoms with van der Waals surface area (Å²) in [5.41, 5.74) is 10.2. The zero-order chi connectivity index (χ0) is 19.4. The fourth-order valence-electron chi connectivity index (χ4n) is 3.55. The van der Waals surface area contributed by atoms with Crippen molar-refractivity contribution in [2.75, 3.05) is 23.7 Å². The number of hydrogen-bond acceptors (Lipinski definition) is 3. The predicted octanol–water partition coefficient (Wildman–Crippen LogP) is 4.74. The quantitative estimate of drug-likeness (QED) is 0.678. The van der Waals surface area contributed by atoms with Gasteiger partial charge in [-0.25, -0.2) is 0 Å². The van der Waals surface area contributed by atoms with E-state index < -0.39 is 0 Å². The zero-order valence-corrected chi connectivity index (χ0v) is 19.1. The largest absolute Gasteiger partial charge is 0.399 e. The molecule has 0 aliphatic carbocycles. The number of carbonyl (C=O) groups is 1. The number of nitrogens with one attached hydrogen (secondary N) is 1. The Labute approximate surface area is 187 Å². The van der Waals surface area contributed by atoms with Crippen LogP contribution in [0.3, 0.4) is 0 Å². The first-order chi connectivity index (χ1) is 12.8. The summed E-state index contributed by atoms with van der Waals surface area (Å²) < 4.78 is 0. The highest BCUT2D eigenvalue weighted by Gasteiger charge is 2.21.